The third-order valence-corrected chi connectivity index (χ3v) is 2.58. The Morgan fingerprint density at radius 2 is 2.06 bits per heavy atom. The van der Waals surface area contributed by atoms with Crippen molar-refractivity contribution < 1.29 is 4.52 Å². The lowest BCUT2D eigenvalue weighted by molar-refractivity contribution is 0.312. The second kappa shape index (κ2) is 6.15. The van der Waals surface area contributed by atoms with Gasteiger partial charge in [-0.15, -0.1) is 0 Å². The Morgan fingerprint density at radius 3 is 2.65 bits per heavy atom. The quantitative estimate of drug-likeness (QED) is 0.829. The zero-order chi connectivity index (χ0) is 12.9. The van der Waals surface area contributed by atoms with Crippen LogP contribution in [0.3, 0.4) is 0 Å². The van der Waals surface area contributed by atoms with Crippen molar-refractivity contribution in [2.24, 2.45) is 11.1 Å². The molecule has 0 radical (unpaired) electrons. The molecule has 0 aliphatic rings. The van der Waals surface area contributed by atoms with Crippen molar-refractivity contribution in [3.63, 3.8) is 0 Å². The van der Waals surface area contributed by atoms with Crippen LogP contribution in [0, 0.1) is 5.41 Å². The summed E-state index contributed by atoms with van der Waals surface area (Å²) in [5.41, 5.74) is 6.31. The monoisotopic (exact) mass is 239 g/mol. The first-order chi connectivity index (χ1) is 7.90. The van der Waals surface area contributed by atoms with Gasteiger partial charge in [-0.25, -0.2) is 0 Å². The second-order valence-electron chi connectivity index (χ2n) is 5.94. The SMILES string of the molecule is CCCCc1noc(CC(N)CC(C)(C)C)n1. The normalized spacial score (nSPS) is 13.9. The van der Waals surface area contributed by atoms with Crippen molar-refractivity contribution in [1.82, 2.24) is 10.1 Å². The highest BCUT2D eigenvalue weighted by Gasteiger charge is 2.18. The van der Waals surface area contributed by atoms with Crippen LogP contribution in [0.1, 0.15) is 58.7 Å². The molecule has 4 nitrogen and oxygen atoms in total. The molecule has 0 saturated carbocycles. The van der Waals surface area contributed by atoms with Gasteiger partial charge < -0.3 is 10.3 Å². The third-order valence-electron chi connectivity index (χ3n) is 2.58. The van der Waals surface area contributed by atoms with Gasteiger partial charge in [0.2, 0.25) is 5.89 Å². The minimum atomic E-state index is 0.0921. The summed E-state index contributed by atoms with van der Waals surface area (Å²) in [5.74, 6) is 1.48. The van der Waals surface area contributed by atoms with Gasteiger partial charge in [0.25, 0.3) is 0 Å². The molecule has 1 heterocycles. The van der Waals surface area contributed by atoms with Gasteiger partial charge in [-0.2, -0.15) is 4.98 Å². The molecular weight excluding hydrogens is 214 g/mol. The number of aromatic nitrogens is 2. The fourth-order valence-corrected chi connectivity index (χ4v) is 1.89. The van der Waals surface area contributed by atoms with Crippen LogP contribution in [0.25, 0.3) is 0 Å². The van der Waals surface area contributed by atoms with Crippen molar-refractivity contribution in [2.45, 2.75) is 65.8 Å². The summed E-state index contributed by atoms with van der Waals surface area (Å²) < 4.78 is 5.21. The van der Waals surface area contributed by atoms with Crippen molar-refractivity contribution in [3.05, 3.63) is 11.7 Å². The van der Waals surface area contributed by atoms with Gasteiger partial charge in [-0.3, -0.25) is 0 Å². The van der Waals surface area contributed by atoms with E-state index in [4.69, 9.17) is 10.3 Å². The van der Waals surface area contributed by atoms with E-state index in [-0.39, 0.29) is 11.5 Å². The van der Waals surface area contributed by atoms with Crippen molar-refractivity contribution >= 4 is 0 Å². The Kier molecular flexibility index (Phi) is 5.12. The summed E-state index contributed by atoms with van der Waals surface area (Å²) in [7, 11) is 0. The predicted octanol–water partition coefficient (Wildman–Crippen LogP) is 2.72. The molecule has 1 aromatic rings. The average Bonchev–Trinajstić information content (AvgIpc) is 2.59. The molecule has 2 N–H and O–H groups in total. The van der Waals surface area contributed by atoms with E-state index >= 15 is 0 Å². The predicted molar refractivity (Wildman–Crippen MR) is 68.7 cm³/mol. The Balaban J connectivity index is 2.43. The third kappa shape index (κ3) is 5.82. The molecule has 0 aliphatic heterocycles. The Morgan fingerprint density at radius 1 is 1.35 bits per heavy atom. The summed E-state index contributed by atoms with van der Waals surface area (Å²) in [6.07, 6.45) is 4.78. The van der Waals surface area contributed by atoms with Crippen LogP contribution in [0.15, 0.2) is 4.52 Å². The van der Waals surface area contributed by atoms with Crippen LogP contribution in [-0.2, 0) is 12.8 Å². The number of nitrogens with zero attached hydrogens (tertiary/aromatic N) is 2. The molecule has 0 spiro atoms. The Hall–Kier alpha value is -0.900. The number of rotatable bonds is 6. The summed E-state index contributed by atoms with van der Waals surface area (Å²) >= 11 is 0. The fourth-order valence-electron chi connectivity index (χ4n) is 1.89. The molecule has 0 aliphatic carbocycles. The molecule has 0 fully saturated rings. The summed E-state index contributed by atoms with van der Waals surface area (Å²) in [6, 6.07) is 0.0921. The van der Waals surface area contributed by atoms with E-state index in [0.29, 0.717) is 12.3 Å². The van der Waals surface area contributed by atoms with Crippen LogP contribution >= 0.6 is 0 Å². The van der Waals surface area contributed by atoms with Gasteiger partial charge in [0.15, 0.2) is 5.82 Å². The van der Waals surface area contributed by atoms with E-state index in [1.807, 2.05) is 0 Å². The van der Waals surface area contributed by atoms with Crippen LogP contribution in [0.2, 0.25) is 0 Å². The number of nitrogens with two attached hydrogens (primary N) is 1. The molecule has 1 rings (SSSR count). The molecule has 0 aromatic carbocycles. The molecule has 17 heavy (non-hydrogen) atoms. The van der Waals surface area contributed by atoms with Crippen LogP contribution in [0.4, 0.5) is 0 Å². The highest BCUT2D eigenvalue weighted by molar-refractivity contribution is 4.90. The zero-order valence-electron chi connectivity index (χ0n) is 11.5. The van der Waals surface area contributed by atoms with Crippen molar-refractivity contribution in [1.29, 1.82) is 0 Å². The maximum Gasteiger partial charge on any atom is 0.228 e. The first-order valence-electron chi connectivity index (χ1n) is 6.48. The maximum absolute atomic E-state index is 6.07. The molecule has 98 valence electrons. The maximum atomic E-state index is 6.07. The summed E-state index contributed by atoms with van der Waals surface area (Å²) in [6.45, 7) is 8.72. The highest BCUT2D eigenvalue weighted by atomic mass is 16.5. The molecular formula is C13H25N3O. The average molecular weight is 239 g/mol. The van der Waals surface area contributed by atoms with Crippen LogP contribution in [0.5, 0.6) is 0 Å². The van der Waals surface area contributed by atoms with Gasteiger partial charge >= 0.3 is 0 Å². The summed E-state index contributed by atoms with van der Waals surface area (Å²) in [5, 5.41) is 3.96. The molecule has 0 amide bonds. The van der Waals surface area contributed by atoms with Gasteiger partial charge in [0, 0.05) is 18.9 Å². The first-order valence-corrected chi connectivity index (χ1v) is 6.48. The van der Waals surface area contributed by atoms with E-state index in [9.17, 15) is 0 Å². The molecule has 1 unspecified atom stereocenters. The van der Waals surface area contributed by atoms with Crippen LogP contribution < -0.4 is 5.73 Å². The largest absolute Gasteiger partial charge is 0.339 e. The van der Waals surface area contributed by atoms with Gasteiger partial charge in [0.05, 0.1) is 0 Å². The van der Waals surface area contributed by atoms with Gasteiger partial charge in [-0.05, 0) is 18.3 Å². The van der Waals surface area contributed by atoms with Gasteiger partial charge in [-0.1, -0.05) is 39.3 Å². The Bertz CT molecular complexity index is 328. The fraction of sp³-hybridized carbons (Fsp3) is 0.846. The lowest BCUT2D eigenvalue weighted by Crippen LogP contribution is -2.28. The van der Waals surface area contributed by atoms with E-state index < -0.39 is 0 Å². The second-order valence-corrected chi connectivity index (χ2v) is 5.94. The highest BCUT2D eigenvalue weighted by Crippen LogP contribution is 2.21. The number of aryl methyl sites for hydroxylation is 1. The standard InChI is InChI=1S/C13H25N3O/c1-5-6-7-11-15-12(17-16-11)8-10(14)9-13(2,3)4/h10H,5-9,14H2,1-4H3. The van der Waals surface area contributed by atoms with E-state index in [1.54, 1.807) is 0 Å². The van der Waals surface area contributed by atoms with E-state index in [0.717, 1.165) is 31.5 Å². The van der Waals surface area contributed by atoms with E-state index in [2.05, 4.69) is 37.8 Å². The minimum absolute atomic E-state index is 0.0921. The zero-order valence-corrected chi connectivity index (χ0v) is 11.5. The lowest BCUT2D eigenvalue weighted by Gasteiger charge is -2.21. The van der Waals surface area contributed by atoms with Crippen molar-refractivity contribution in [3.8, 4) is 0 Å². The summed E-state index contributed by atoms with van der Waals surface area (Å²) in [4.78, 5) is 4.36. The van der Waals surface area contributed by atoms with Crippen LogP contribution in [-0.4, -0.2) is 16.2 Å². The minimum Gasteiger partial charge on any atom is -0.339 e. The molecule has 0 saturated heterocycles. The molecule has 1 aromatic heterocycles. The number of hydrogen-bond acceptors (Lipinski definition) is 4. The molecule has 0 bridgehead atoms. The van der Waals surface area contributed by atoms with Gasteiger partial charge in [0.1, 0.15) is 0 Å². The topological polar surface area (TPSA) is 64.9 Å². The number of unbranched alkanes of at least 4 members (excludes halogenated alkanes) is 1. The number of hydrogen-bond donors (Lipinski definition) is 1. The molecule has 1 atom stereocenters. The Labute approximate surface area is 104 Å². The first kappa shape index (κ1) is 14.2. The smallest absolute Gasteiger partial charge is 0.228 e. The van der Waals surface area contributed by atoms with E-state index in [1.165, 1.54) is 0 Å². The lowest BCUT2D eigenvalue weighted by atomic mass is 9.87. The molecule has 4 heteroatoms. The van der Waals surface area contributed by atoms with Crippen molar-refractivity contribution in [2.75, 3.05) is 0 Å².